The van der Waals surface area contributed by atoms with E-state index in [9.17, 15) is 4.79 Å². The third-order valence-corrected chi connectivity index (χ3v) is 2.04. The molecule has 1 rings (SSSR count). The quantitative estimate of drug-likeness (QED) is 0.798. The first-order valence-electron chi connectivity index (χ1n) is 5.35. The fraction of sp³-hybridized carbons (Fsp3) is 0.417. The van der Waals surface area contributed by atoms with Gasteiger partial charge in [-0.25, -0.2) is 0 Å². The molecule has 0 atom stereocenters. The van der Waals surface area contributed by atoms with Crippen LogP contribution in [0.5, 0.6) is 5.75 Å². The van der Waals surface area contributed by atoms with E-state index in [-0.39, 0.29) is 5.91 Å². The molecule has 1 aromatic carbocycles. The van der Waals surface area contributed by atoms with E-state index in [1.54, 1.807) is 0 Å². The predicted molar refractivity (Wildman–Crippen MR) is 64.7 cm³/mol. The van der Waals surface area contributed by atoms with Crippen LogP contribution in [0.2, 0.25) is 0 Å². The molecule has 0 heterocycles. The average molecular weight is 222 g/mol. The van der Waals surface area contributed by atoms with Gasteiger partial charge in [0.05, 0.1) is 12.3 Å². The number of nitrogens with one attached hydrogen (secondary N) is 2. The molecule has 2 N–H and O–H groups in total. The number of ether oxygens (including phenoxy) is 1. The molecule has 1 aromatic rings. The Morgan fingerprint density at radius 1 is 1.44 bits per heavy atom. The van der Waals surface area contributed by atoms with E-state index >= 15 is 0 Å². The first-order chi connectivity index (χ1) is 7.67. The van der Waals surface area contributed by atoms with Gasteiger partial charge in [-0.3, -0.25) is 4.79 Å². The number of hydrogen-bond acceptors (Lipinski definition) is 3. The van der Waals surface area contributed by atoms with Crippen molar-refractivity contribution in [3.63, 3.8) is 0 Å². The van der Waals surface area contributed by atoms with Gasteiger partial charge in [0.2, 0.25) is 5.91 Å². The van der Waals surface area contributed by atoms with E-state index in [1.165, 1.54) is 6.92 Å². The smallest absolute Gasteiger partial charge is 0.221 e. The van der Waals surface area contributed by atoms with E-state index in [4.69, 9.17) is 4.74 Å². The summed E-state index contributed by atoms with van der Waals surface area (Å²) in [5, 5.41) is 5.83. The van der Waals surface area contributed by atoms with Crippen molar-refractivity contribution in [2.24, 2.45) is 0 Å². The molecule has 0 fully saturated rings. The fourth-order valence-corrected chi connectivity index (χ4v) is 1.46. The summed E-state index contributed by atoms with van der Waals surface area (Å²) in [5.41, 5.74) is 1.83. The van der Waals surface area contributed by atoms with Crippen LogP contribution >= 0.6 is 0 Å². The van der Waals surface area contributed by atoms with Gasteiger partial charge in [-0.1, -0.05) is 6.07 Å². The maximum absolute atomic E-state index is 11.1. The van der Waals surface area contributed by atoms with Gasteiger partial charge in [-0.15, -0.1) is 0 Å². The molecule has 0 saturated heterocycles. The van der Waals surface area contributed by atoms with Gasteiger partial charge in [0.15, 0.2) is 0 Å². The summed E-state index contributed by atoms with van der Waals surface area (Å²) >= 11 is 0. The monoisotopic (exact) mass is 222 g/mol. The number of benzene rings is 1. The Morgan fingerprint density at radius 3 is 2.75 bits per heavy atom. The lowest BCUT2D eigenvalue weighted by atomic mass is 10.2. The molecule has 0 aromatic heterocycles. The molecule has 0 bridgehead atoms. The van der Waals surface area contributed by atoms with Crippen LogP contribution < -0.4 is 15.4 Å². The van der Waals surface area contributed by atoms with Crippen LogP contribution in [0.3, 0.4) is 0 Å². The van der Waals surface area contributed by atoms with Crippen molar-refractivity contribution in [2.45, 2.75) is 20.4 Å². The molecule has 4 nitrogen and oxygen atoms in total. The normalized spacial score (nSPS) is 9.94. The maximum Gasteiger partial charge on any atom is 0.221 e. The van der Waals surface area contributed by atoms with Crippen LogP contribution in [-0.2, 0) is 11.3 Å². The summed E-state index contributed by atoms with van der Waals surface area (Å²) in [6.45, 7) is 4.75. The lowest BCUT2D eigenvalue weighted by Gasteiger charge is -2.12. The predicted octanol–water partition coefficient (Wildman–Crippen LogP) is 1.76. The van der Waals surface area contributed by atoms with E-state index in [1.807, 2.05) is 32.2 Å². The molecule has 16 heavy (non-hydrogen) atoms. The zero-order valence-electron chi connectivity index (χ0n) is 9.96. The minimum atomic E-state index is -0.0949. The molecule has 0 aliphatic rings. The summed E-state index contributed by atoms with van der Waals surface area (Å²) in [4.78, 5) is 11.1. The maximum atomic E-state index is 11.1. The van der Waals surface area contributed by atoms with E-state index in [2.05, 4.69) is 10.6 Å². The zero-order valence-corrected chi connectivity index (χ0v) is 9.96. The van der Waals surface area contributed by atoms with Gasteiger partial charge < -0.3 is 15.4 Å². The summed E-state index contributed by atoms with van der Waals surface area (Å²) < 4.78 is 5.44. The zero-order chi connectivity index (χ0) is 12.0. The van der Waals surface area contributed by atoms with Gasteiger partial charge >= 0.3 is 0 Å². The van der Waals surface area contributed by atoms with Crippen molar-refractivity contribution < 1.29 is 9.53 Å². The van der Waals surface area contributed by atoms with Crippen molar-refractivity contribution in [3.05, 3.63) is 23.8 Å². The van der Waals surface area contributed by atoms with Crippen molar-refractivity contribution in [1.82, 2.24) is 5.32 Å². The van der Waals surface area contributed by atoms with Crippen molar-refractivity contribution in [1.29, 1.82) is 0 Å². The van der Waals surface area contributed by atoms with Crippen LogP contribution in [0.4, 0.5) is 5.69 Å². The highest BCUT2D eigenvalue weighted by molar-refractivity contribution is 5.90. The summed E-state index contributed by atoms with van der Waals surface area (Å²) in [6.07, 6.45) is 0. The Morgan fingerprint density at radius 2 is 2.19 bits per heavy atom. The SMILES string of the molecule is CCOc1ccc(CNC)cc1NC(C)=O. The fourth-order valence-electron chi connectivity index (χ4n) is 1.46. The van der Waals surface area contributed by atoms with Crippen LogP contribution in [0.15, 0.2) is 18.2 Å². The number of carbonyl (C=O) groups excluding carboxylic acids is 1. The van der Waals surface area contributed by atoms with Gasteiger partial charge in [0.1, 0.15) is 5.75 Å². The second kappa shape index (κ2) is 6.12. The molecule has 0 unspecified atom stereocenters. The molecular weight excluding hydrogens is 204 g/mol. The summed E-state index contributed by atoms with van der Waals surface area (Å²) in [6, 6.07) is 5.77. The Labute approximate surface area is 96.0 Å². The van der Waals surface area contributed by atoms with Crippen molar-refractivity contribution in [2.75, 3.05) is 19.0 Å². The average Bonchev–Trinajstić information content (AvgIpc) is 2.22. The van der Waals surface area contributed by atoms with E-state index in [0.717, 1.165) is 17.8 Å². The standard InChI is InChI=1S/C12H18N2O2/c1-4-16-12-6-5-10(8-13-3)7-11(12)14-9(2)15/h5-7,13H,4,8H2,1-3H3,(H,14,15). The molecule has 88 valence electrons. The number of amides is 1. The van der Waals surface area contributed by atoms with Crippen molar-refractivity contribution >= 4 is 11.6 Å². The number of anilines is 1. The van der Waals surface area contributed by atoms with E-state index in [0.29, 0.717) is 12.4 Å². The molecule has 0 aliphatic heterocycles. The summed E-state index contributed by atoms with van der Waals surface area (Å²) in [7, 11) is 1.88. The molecule has 0 spiro atoms. The molecule has 1 amide bonds. The largest absolute Gasteiger partial charge is 0.492 e. The Balaban J connectivity index is 2.95. The van der Waals surface area contributed by atoms with Crippen LogP contribution in [0.1, 0.15) is 19.4 Å². The second-order valence-electron chi connectivity index (χ2n) is 3.48. The number of rotatable bonds is 5. The first kappa shape index (κ1) is 12.5. The van der Waals surface area contributed by atoms with E-state index < -0.39 is 0 Å². The molecule has 0 saturated carbocycles. The number of hydrogen-bond donors (Lipinski definition) is 2. The summed E-state index contributed by atoms with van der Waals surface area (Å²) in [5.74, 6) is 0.611. The van der Waals surface area contributed by atoms with Crippen molar-refractivity contribution in [3.8, 4) is 5.75 Å². The van der Waals surface area contributed by atoms with Crippen LogP contribution in [0.25, 0.3) is 0 Å². The molecule has 0 aliphatic carbocycles. The highest BCUT2D eigenvalue weighted by Gasteiger charge is 2.06. The van der Waals surface area contributed by atoms with Crippen LogP contribution in [0, 0.1) is 0 Å². The Kier molecular flexibility index (Phi) is 4.79. The lowest BCUT2D eigenvalue weighted by molar-refractivity contribution is -0.114. The molecule has 0 radical (unpaired) electrons. The molecule has 4 heteroatoms. The topological polar surface area (TPSA) is 50.4 Å². The molecular formula is C12H18N2O2. The minimum absolute atomic E-state index is 0.0949. The minimum Gasteiger partial charge on any atom is -0.492 e. The highest BCUT2D eigenvalue weighted by Crippen LogP contribution is 2.25. The third-order valence-electron chi connectivity index (χ3n) is 2.04. The third kappa shape index (κ3) is 3.55. The first-order valence-corrected chi connectivity index (χ1v) is 5.35. The van der Waals surface area contributed by atoms with Gasteiger partial charge in [0, 0.05) is 13.5 Å². The van der Waals surface area contributed by atoms with Gasteiger partial charge in [0.25, 0.3) is 0 Å². The highest BCUT2D eigenvalue weighted by atomic mass is 16.5. The van der Waals surface area contributed by atoms with Crippen LogP contribution in [-0.4, -0.2) is 19.6 Å². The Bertz CT molecular complexity index is 364. The van der Waals surface area contributed by atoms with Gasteiger partial charge in [-0.2, -0.15) is 0 Å². The number of carbonyl (C=O) groups is 1. The second-order valence-corrected chi connectivity index (χ2v) is 3.48. The Hall–Kier alpha value is -1.55. The lowest BCUT2D eigenvalue weighted by Crippen LogP contribution is -2.10. The van der Waals surface area contributed by atoms with Gasteiger partial charge in [-0.05, 0) is 31.7 Å².